The predicted octanol–water partition coefficient (Wildman–Crippen LogP) is 14.5. The van der Waals surface area contributed by atoms with Gasteiger partial charge in [0.25, 0.3) is 0 Å². The van der Waals surface area contributed by atoms with Gasteiger partial charge in [0, 0.05) is 48.1 Å². The summed E-state index contributed by atoms with van der Waals surface area (Å²) in [6, 6.07) is 71.3. The first-order valence-corrected chi connectivity index (χ1v) is 19.7. The molecule has 0 fully saturated rings. The molecule has 1 aliphatic rings. The summed E-state index contributed by atoms with van der Waals surface area (Å²) < 4.78 is 4.85. The van der Waals surface area contributed by atoms with Crippen molar-refractivity contribution in [3.8, 4) is 44.8 Å². The molecule has 0 aliphatic carbocycles. The third-order valence-electron chi connectivity index (χ3n) is 11.5. The van der Waals surface area contributed by atoms with Crippen molar-refractivity contribution in [1.82, 2.24) is 9.13 Å². The SMILES string of the molecule is c1ccc(-c2cccc(-n3c4ccccc4c4cc(-c5ccc6c(c5)Sc5cc7c(c8cccc-6c58)c5ccccc5n7-c5ccccc5)ccc43)c2)cc1. The first-order chi connectivity index (χ1) is 27.3. The number of hydrogen-bond donors (Lipinski definition) is 0. The highest BCUT2D eigenvalue weighted by Crippen LogP contribution is 2.52. The molecule has 1 aliphatic heterocycles. The Morgan fingerprint density at radius 1 is 0.291 bits per heavy atom. The summed E-state index contributed by atoms with van der Waals surface area (Å²) in [7, 11) is 0. The topological polar surface area (TPSA) is 9.86 Å². The molecule has 12 rings (SSSR count). The van der Waals surface area contributed by atoms with E-state index in [1.54, 1.807) is 0 Å². The van der Waals surface area contributed by atoms with Crippen LogP contribution in [0.1, 0.15) is 0 Å². The monoisotopic (exact) mass is 716 g/mol. The van der Waals surface area contributed by atoms with Crippen LogP contribution in [-0.2, 0) is 0 Å². The van der Waals surface area contributed by atoms with Gasteiger partial charge in [-0.25, -0.2) is 0 Å². The molecule has 0 amide bonds. The minimum atomic E-state index is 1.17. The molecule has 0 saturated carbocycles. The molecule has 0 radical (unpaired) electrons. The zero-order valence-electron chi connectivity index (χ0n) is 29.8. The van der Waals surface area contributed by atoms with E-state index in [2.05, 4.69) is 203 Å². The van der Waals surface area contributed by atoms with Gasteiger partial charge < -0.3 is 9.13 Å². The minimum Gasteiger partial charge on any atom is -0.309 e. The molecule has 0 saturated heterocycles. The molecule has 0 bridgehead atoms. The van der Waals surface area contributed by atoms with Crippen LogP contribution in [0.25, 0.3) is 99.1 Å². The van der Waals surface area contributed by atoms with Crippen LogP contribution in [0.4, 0.5) is 0 Å². The number of hydrogen-bond acceptors (Lipinski definition) is 1. The van der Waals surface area contributed by atoms with E-state index in [1.807, 2.05) is 11.8 Å². The Kier molecular flexibility index (Phi) is 6.60. The van der Waals surface area contributed by atoms with E-state index < -0.39 is 0 Å². The Morgan fingerprint density at radius 2 is 0.891 bits per heavy atom. The largest absolute Gasteiger partial charge is 0.309 e. The van der Waals surface area contributed by atoms with Crippen molar-refractivity contribution in [1.29, 1.82) is 0 Å². The molecule has 256 valence electrons. The van der Waals surface area contributed by atoms with Gasteiger partial charge in [-0.2, -0.15) is 0 Å². The fourth-order valence-electron chi connectivity index (χ4n) is 9.08. The molecule has 3 heteroatoms. The molecule has 9 aromatic carbocycles. The molecule has 0 atom stereocenters. The lowest BCUT2D eigenvalue weighted by atomic mass is 9.93. The van der Waals surface area contributed by atoms with Gasteiger partial charge in [0.05, 0.1) is 22.1 Å². The number of aromatic nitrogens is 2. The normalized spacial score (nSPS) is 12.3. The average molecular weight is 717 g/mol. The lowest BCUT2D eigenvalue weighted by Crippen LogP contribution is -1.96. The van der Waals surface area contributed by atoms with Gasteiger partial charge in [-0.3, -0.25) is 0 Å². The summed E-state index contributed by atoms with van der Waals surface area (Å²) in [5.41, 5.74) is 14.7. The quantitative estimate of drug-likeness (QED) is 0.176. The first-order valence-electron chi connectivity index (χ1n) is 18.8. The molecule has 0 N–H and O–H groups in total. The van der Waals surface area contributed by atoms with Crippen molar-refractivity contribution in [3.05, 3.63) is 194 Å². The third-order valence-corrected chi connectivity index (χ3v) is 12.6. The van der Waals surface area contributed by atoms with Crippen molar-refractivity contribution in [2.24, 2.45) is 0 Å². The van der Waals surface area contributed by atoms with Crippen molar-refractivity contribution >= 4 is 66.1 Å². The van der Waals surface area contributed by atoms with Crippen molar-refractivity contribution < 1.29 is 0 Å². The van der Waals surface area contributed by atoms with Crippen LogP contribution in [0, 0.1) is 0 Å². The fraction of sp³-hybridized carbons (Fsp3) is 0. The number of rotatable bonds is 4. The highest BCUT2D eigenvalue weighted by Gasteiger charge is 2.24. The highest BCUT2D eigenvalue weighted by molar-refractivity contribution is 7.99. The number of benzene rings is 9. The summed E-state index contributed by atoms with van der Waals surface area (Å²) in [6.07, 6.45) is 0. The van der Waals surface area contributed by atoms with Gasteiger partial charge in [0.1, 0.15) is 0 Å². The Hall–Kier alpha value is -6.81. The van der Waals surface area contributed by atoms with Gasteiger partial charge in [0.2, 0.25) is 0 Å². The van der Waals surface area contributed by atoms with Crippen LogP contribution in [0.3, 0.4) is 0 Å². The second-order valence-electron chi connectivity index (χ2n) is 14.5. The molecule has 11 aromatic rings. The summed E-state index contributed by atoms with van der Waals surface area (Å²) in [5, 5.41) is 7.79. The van der Waals surface area contributed by atoms with E-state index in [1.165, 1.54) is 109 Å². The van der Waals surface area contributed by atoms with Gasteiger partial charge in [-0.05, 0) is 99.4 Å². The van der Waals surface area contributed by atoms with E-state index in [-0.39, 0.29) is 0 Å². The number of fused-ring (bicyclic) bond motifs is 9. The fourth-order valence-corrected chi connectivity index (χ4v) is 10.3. The Balaban J connectivity index is 1.01. The van der Waals surface area contributed by atoms with Gasteiger partial charge in [-0.1, -0.05) is 145 Å². The molecule has 55 heavy (non-hydrogen) atoms. The maximum Gasteiger partial charge on any atom is 0.0558 e. The third kappa shape index (κ3) is 4.57. The predicted molar refractivity (Wildman–Crippen MR) is 233 cm³/mol. The first kappa shape index (κ1) is 30.6. The second kappa shape index (κ2) is 11.8. The number of para-hydroxylation sites is 3. The lowest BCUT2D eigenvalue weighted by Gasteiger charge is -2.22. The lowest BCUT2D eigenvalue weighted by molar-refractivity contribution is 1.18. The maximum atomic E-state index is 2.43. The van der Waals surface area contributed by atoms with Crippen molar-refractivity contribution in [2.75, 3.05) is 0 Å². The Bertz CT molecular complexity index is 3330. The van der Waals surface area contributed by atoms with E-state index in [0.717, 1.165) is 0 Å². The zero-order valence-corrected chi connectivity index (χ0v) is 30.6. The van der Waals surface area contributed by atoms with Gasteiger partial charge >= 0.3 is 0 Å². The highest BCUT2D eigenvalue weighted by atomic mass is 32.2. The molecule has 0 spiro atoms. The van der Waals surface area contributed by atoms with E-state index in [4.69, 9.17) is 0 Å². The molecule has 0 unspecified atom stereocenters. The molecule has 3 heterocycles. The van der Waals surface area contributed by atoms with Crippen LogP contribution in [0.5, 0.6) is 0 Å². The van der Waals surface area contributed by atoms with Crippen LogP contribution in [-0.4, -0.2) is 9.13 Å². The average Bonchev–Trinajstić information content (AvgIpc) is 3.77. The summed E-state index contributed by atoms with van der Waals surface area (Å²) >= 11 is 1.90. The van der Waals surface area contributed by atoms with E-state index in [0.29, 0.717) is 0 Å². The minimum absolute atomic E-state index is 1.17. The van der Waals surface area contributed by atoms with E-state index >= 15 is 0 Å². The van der Waals surface area contributed by atoms with E-state index in [9.17, 15) is 0 Å². The smallest absolute Gasteiger partial charge is 0.0558 e. The van der Waals surface area contributed by atoms with Crippen LogP contribution in [0.15, 0.2) is 204 Å². The van der Waals surface area contributed by atoms with Gasteiger partial charge in [0.15, 0.2) is 0 Å². The second-order valence-corrected chi connectivity index (χ2v) is 15.6. The molecule has 2 aromatic heterocycles. The standard InChI is InChI=1S/C52H32N2S/c1-3-13-33(14-4-1)34-15-11-18-38(29-34)54-45-23-9-7-19-39(45)44-30-35(26-28-47(44)54)36-25-27-40-41-21-12-22-43-51-42-20-8-10-24-46(42)53(37-16-5-2-6-17-37)48(51)32-50(52(41)43)55-49(40)31-36/h1-32H. The van der Waals surface area contributed by atoms with Crippen LogP contribution < -0.4 is 0 Å². The van der Waals surface area contributed by atoms with Crippen LogP contribution in [0.2, 0.25) is 0 Å². The summed E-state index contributed by atoms with van der Waals surface area (Å²) in [6.45, 7) is 0. The maximum absolute atomic E-state index is 2.43. The van der Waals surface area contributed by atoms with Crippen molar-refractivity contribution in [2.45, 2.75) is 9.79 Å². The Labute approximate surface area is 322 Å². The Morgan fingerprint density at radius 3 is 1.75 bits per heavy atom. The molecular formula is C52H32N2S. The summed E-state index contributed by atoms with van der Waals surface area (Å²) in [5.74, 6) is 0. The molecule has 2 nitrogen and oxygen atoms in total. The number of nitrogens with zero attached hydrogens (tertiary/aromatic N) is 2. The van der Waals surface area contributed by atoms with Crippen LogP contribution >= 0.6 is 11.8 Å². The zero-order chi connectivity index (χ0) is 36.0. The molecular weight excluding hydrogens is 685 g/mol. The van der Waals surface area contributed by atoms with Crippen molar-refractivity contribution in [3.63, 3.8) is 0 Å². The summed E-state index contributed by atoms with van der Waals surface area (Å²) in [4.78, 5) is 2.60. The van der Waals surface area contributed by atoms with Gasteiger partial charge in [-0.15, -0.1) is 0 Å².